The van der Waals surface area contributed by atoms with Gasteiger partial charge in [-0.3, -0.25) is 4.90 Å². The van der Waals surface area contributed by atoms with E-state index in [1.54, 1.807) is 0 Å². The molecular weight excluding hydrogens is 378 g/mol. The average Bonchev–Trinajstić information content (AvgIpc) is 2.64. The van der Waals surface area contributed by atoms with E-state index in [1.165, 1.54) is 5.56 Å². The van der Waals surface area contributed by atoms with Crippen molar-refractivity contribution in [3.8, 4) is 0 Å². The van der Waals surface area contributed by atoms with Gasteiger partial charge in [-0.15, -0.1) is 0 Å². The van der Waals surface area contributed by atoms with Crippen molar-refractivity contribution in [2.45, 2.75) is 6.54 Å². The van der Waals surface area contributed by atoms with Crippen molar-refractivity contribution in [3.63, 3.8) is 0 Å². The zero-order valence-corrected chi connectivity index (χ0v) is 15.5. The first kappa shape index (κ1) is 16.3. The summed E-state index contributed by atoms with van der Waals surface area (Å²) in [6, 6.07) is 16.4. The van der Waals surface area contributed by atoms with Crippen LogP contribution in [0.15, 0.2) is 53.0 Å². The first-order valence-corrected chi connectivity index (χ1v) is 9.22. The highest BCUT2D eigenvalue weighted by Crippen LogP contribution is 2.22. The van der Waals surface area contributed by atoms with Crippen LogP contribution in [0, 0.1) is 0 Å². The number of nitrogens with zero attached hydrogens (tertiary/aromatic N) is 4. The Kier molecular flexibility index (Phi) is 4.55. The molecule has 1 aliphatic rings. The minimum Gasteiger partial charge on any atom is -0.383 e. The van der Waals surface area contributed by atoms with Crippen LogP contribution in [0.5, 0.6) is 0 Å². The molecule has 5 nitrogen and oxygen atoms in total. The van der Waals surface area contributed by atoms with E-state index >= 15 is 0 Å². The van der Waals surface area contributed by atoms with Crippen LogP contribution in [-0.2, 0) is 6.54 Å². The van der Waals surface area contributed by atoms with Crippen LogP contribution in [0.4, 0.5) is 11.8 Å². The monoisotopic (exact) mass is 397 g/mol. The van der Waals surface area contributed by atoms with Gasteiger partial charge in [0.2, 0.25) is 5.95 Å². The summed E-state index contributed by atoms with van der Waals surface area (Å²) in [7, 11) is 0. The molecule has 2 N–H and O–H groups in total. The number of aromatic nitrogens is 2. The topological polar surface area (TPSA) is 58.3 Å². The van der Waals surface area contributed by atoms with Crippen molar-refractivity contribution in [3.05, 3.63) is 58.6 Å². The maximum atomic E-state index is 6.11. The second-order valence-electron chi connectivity index (χ2n) is 6.32. The van der Waals surface area contributed by atoms with E-state index in [4.69, 9.17) is 5.73 Å². The Morgan fingerprint density at radius 2 is 1.64 bits per heavy atom. The Balaban J connectivity index is 1.44. The predicted octanol–water partition coefficient (Wildman–Crippen LogP) is 3.30. The van der Waals surface area contributed by atoms with E-state index in [9.17, 15) is 0 Å². The maximum Gasteiger partial charge on any atom is 0.227 e. The number of anilines is 2. The summed E-state index contributed by atoms with van der Waals surface area (Å²) >= 11 is 3.48. The van der Waals surface area contributed by atoms with Crippen molar-refractivity contribution >= 4 is 38.6 Å². The number of hydrogen-bond donors (Lipinski definition) is 1. The van der Waals surface area contributed by atoms with Gasteiger partial charge in [-0.2, -0.15) is 4.98 Å². The molecule has 1 aromatic heterocycles. The number of halogens is 1. The Bertz CT molecular complexity index is 873. The van der Waals surface area contributed by atoms with E-state index in [0.29, 0.717) is 5.82 Å². The number of benzene rings is 2. The molecule has 0 spiro atoms. The van der Waals surface area contributed by atoms with E-state index in [1.807, 2.05) is 24.3 Å². The molecule has 6 heteroatoms. The van der Waals surface area contributed by atoms with Crippen LogP contribution < -0.4 is 10.6 Å². The van der Waals surface area contributed by atoms with Crippen LogP contribution in [0.1, 0.15) is 5.56 Å². The Labute approximate surface area is 155 Å². The van der Waals surface area contributed by atoms with Crippen LogP contribution >= 0.6 is 15.9 Å². The lowest BCUT2D eigenvalue weighted by Gasteiger charge is -2.34. The number of para-hydroxylation sites is 1. The van der Waals surface area contributed by atoms with Crippen molar-refractivity contribution in [2.24, 2.45) is 0 Å². The standard InChI is InChI=1S/C19H20BrN5/c20-15-7-5-14(6-8-15)13-24-9-11-25(12-10-24)19-22-17-4-2-1-3-16(17)18(21)23-19/h1-8H,9-13H2,(H2,21,22,23). The van der Waals surface area contributed by atoms with E-state index < -0.39 is 0 Å². The molecule has 0 saturated carbocycles. The maximum absolute atomic E-state index is 6.11. The molecule has 1 saturated heterocycles. The van der Waals surface area contributed by atoms with Gasteiger partial charge in [-0.1, -0.05) is 40.2 Å². The summed E-state index contributed by atoms with van der Waals surface area (Å²) in [6.07, 6.45) is 0. The summed E-state index contributed by atoms with van der Waals surface area (Å²) in [5.74, 6) is 1.29. The SMILES string of the molecule is Nc1nc(N2CCN(Cc3ccc(Br)cc3)CC2)nc2ccccc12. The number of nitrogen functional groups attached to an aromatic ring is 1. The molecule has 0 unspecified atom stereocenters. The van der Waals surface area contributed by atoms with Crippen molar-refractivity contribution < 1.29 is 0 Å². The van der Waals surface area contributed by atoms with Crippen LogP contribution in [0.25, 0.3) is 10.9 Å². The largest absolute Gasteiger partial charge is 0.383 e. The normalized spacial score (nSPS) is 15.6. The lowest BCUT2D eigenvalue weighted by molar-refractivity contribution is 0.249. The first-order chi connectivity index (χ1) is 12.2. The number of piperazine rings is 1. The molecule has 2 aromatic carbocycles. The molecule has 0 radical (unpaired) electrons. The highest BCUT2D eigenvalue weighted by molar-refractivity contribution is 9.10. The molecule has 1 aliphatic heterocycles. The van der Waals surface area contributed by atoms with Gasteiger partial charge in [0.15, 0.2) is 0 Å². The van der Waals surface area contributed by atoms with E-state index in [0.717, 1.165) is 54.0 Å². The van der Waals surface area contributed by atoms with Gasteiger partial charge in [-0.25, -0.2) is 4.98 Å². The molecule has 128 valence electrons. The van der Waals surface area contributed by atoms with Gasteiger partial charge in [0.25, 0.3) is 0 Å². The van der Waals surface area contributed by atoms with Crippen molar-refractivity contribution in [1.82, 2.24) is 14.9 Å². The summed E-state index contributed by atoms with van der Waals surface area (Å²) in [6.45, 7) is 4.78. The van der Waals surface area contributed by atoms with Crippen molar-refractivity contribution in [1.29, 1.82) is 0 Å². The van der Waals surface area contributed by atoms with Crippen molar-refractivity contribution in [2.75, 3.05) is 36.8 Å². The number of rotatable bonds is 3. The van der Waals surface area contributed by atoms with Crippen LogP contribution in [0.2, 0.25) is 0 Å². The van der Waals surface area contributed by atoms with E-state index in [2.05, 4.69) is 60.0 Å². The van der Waals surface area contributed by atoms with Gasteiger partial charge in [0, 0.05) is 42.6 Å². The minimum atomic E-state index is 0.554. The third-order valence-corrected chi connectivity index (χ3v) is 5.12. The molecule has 4 rings (SSSR count). The van der Waals surface area contributed by atoms with Gasteiger partial charge < -0.3 is 10.6 Å². The zero-order chi connectivity index (χ0) is 17.2. The lowest BCUT2D eigenvalue weighted by atomic mass is 10.2. The Morgan fingerprint density at radius 3 is 2.40 bits per heavy atom. The summed E-state index contributed by atoms with van der Waals surface area (Å²) in [5.41, 5.74) is 8.35. The number of nitrogens with two attached hydrogens (primary N) is 1. The fourth-order valence-corrected chi connectivity index (χ4v) is 3.45. The molecule has 25 heavy (non-hydrogen) atoms. The fraction of sp³-hybridized carbons (Fsp3) is 0.263. The third kappa shape index (κ3) is 3.60. The lowest BCUT2D eigenvalue weighted by Crippen LogP contribution is -2.46. The third-order valence-electron chi connectivity index (χ3n) is 4.60. The van der Waals surface area contributed by atoms with Crippen LogP contribution in [0.3, 0.4) is 0 Å². The minimum absolute atomic E-state index is 0.554. The first-order valence-electron chi connectivity index (χ1n) is 8.43. The molecule has 0 atom stereocenters. The van der Waals surface area contributed by atoms with E-state index in [-0.39, 0.29) is 0 Å². The zero-order valence-electron chi connectivity index (χ0n) is 13.9. The summed E-state index contributed by atoms with van der Waals surface area (Å²) in [5, 5.41) is 0.917. The Hall–Kier alpha value is -2.18. The molecule has 1 fully saturated rings. The molecule has 3 aromatic rings. The second kappa shape index (κ2) is 6.98. The molecule has 2 heterocycles. The molecule has 0 bridgehead atoms. The average molecular weight is 398 g/mol. The van der Waals surface area contributed by atoms with Gasteiger partial charge in [-0.05, 0) is 29.8 Å². The fourth-order valence-electron chi connectivity index (χ4n) is 3.18. The number of fused-ring (bicyclic) bond motifs is 1. The predicted molar refractivity (Wildman–Crippen MR) is 106 cm³/mol. The summed E-state index contributed by atoms with van der Waals surface area (Å²) < 4.78 is 1.12. The second-order valence-corrected chi connectivity index (χ2v) is 7.23. The van der Waals surface area contributed by atoms with Gasteiger partial charge in [0.05, 0.1) is 5.52 Å². The van der Waals surface area contributed by atoms with Gasteiger partial charge in [0.1, 0.15) is 5.82 Å². The highest BCUT2D eigenvalue weighted by atomic mass is 79.9. The van der Waals surface area contributed by atoms with Gasteiger partial charge >= 0.3 is 0 Å². The molecular formula is C19H20BrN5. The summed E-state index contributed by atoms with van der Waals surface area (Å²) in [4.78, 5) is 13.9. The molecule has 0 amide bonds. The number of hydrogen-bond acceptors (Lipinski definition) is 5. The van der Waals surface area contributed by atoms with Crippen LogP contribution in [-0.4, -0.2) is 41.0 Å². The highest BCUT2D eigenvalue weighted by Gasteiger charge is 2.20. The quantitative estimate of drug-likeness (QED) is 0.734. The Morgan fingerprint density at radius 1 is 0.920 bits per heavy atom. The molecule has 0 aliphatic carbocycles. The smallest absolute Gasteiger partial charge is 0.227 e.